The summed E-state index contributed by atoms with van der Waals surface area (Å²) in [5.41, 5.74) is 1.60. The van der Waals surface area contributed by atoms with Crippen molar-refractivity contribution in [3.05, 3.63) is 77.8 Å². The molecule has 0 aromatic carbocycles. The van der Waals surface area contributed by atoms with Crippen molar-refractivity contribution in [3.8, 4) is 0 Å². The average Bonchev–Trinajstić information content (AvgIpc) is 3.30. The number of carbonyl (C=O) groups excluding carboxylic acids is 2. The molecule has 4 aromatic rings. The normalized spacial score (nSPS) is 10.8. The summed E-state index contributed by atoms with van der Waals surface area (Å²) in [6, 6.07) is 10.5. The van der Waals surface area contributed by atoms with E-state index >= 15 is 0 Å². The summed E-state index contributed by atoms with van der Waals surface area (Å²) in [6.45, 7) is 2.05. The molecule has 2 amide bonds. The molecule has 140 valence electrons. The van der Waals surface area contributed by atoms with E-state index in [1.54, 1.807) is 54.2 Å². The van der Waals surface area contributed by atoms with Crippen LogP contribution >= 0.6 is 0 Å². The van der Waals surface area contributed by atoms with Crippen LogP contribution in [0.25, 0.3) is 5.52 Å². The van der Waals surface area contributed by atoms with Crippen molar-refractivity contribution in [2.45, 2.75) is 13.5 Å². The van der Waals surface area contributed by atoms with E-state index in [9.17, 15) is 9.59 Å². The lowest BCUT2D eigenvalue weighted by Crippen LogP contribution is -2.23. The number of hydrogen-bond donors (Lipinski definition) is 2. The van der Waals surface area contributed by atoms with Crippen LogP contribution in [0, 0.1) is 6.92 Å². The van der Waals surface area contributed by atoms with E-state index in [0.29, 0.717) is 17.8 Å². The molecule has 0 aliphatic carbocycles. The van der Waals surface area contributed by atoms with E-state index in [-0.39, 0.29) is 23.2 Å². The lowest BCUT2D eigenvalue weighted by molar-refractivity contribution is 0.0948. The number of carbonyl (C=O) groups is 2. The predicted molar refractivity (Wildman–Crippen MR) is 99.8 cm³/mol. The monoisotopic (exact) mass is 376 g/mol. The minimum atomic E-state index is -0.498. The van der Waals surface area contributed by atoms with Crippen LogP contribution in [0.4, 0.5) is 5.82 Å². The van der Waals surface area contributed by atoms with Crippen LogP contribution in [0.5, 0.6) is 0 Å². The first-order valence-electron chi connectivity index (χ1n) is 8.50. The molecule has 9 heteroatoms. The van der Waals surface area contributed by atoms with Crippen molar-refractivity contribution in [2.75, 3.05) is 5.32 Å². The number of pyridine rings is 2. The van der Waals surface area contributed by atoms with Gasteiger partial charge < -0.3 is 15.2 Å². The van der Waals surface area contributed by atoms with Gasteiger partial charge in [-0.2, -0.15) is 0 Å². The molecule has 4 heterocycles. The number of rotatable bonds is 5. The first-order chi connectivity index (χ1) is 13.6. The molecule has 0 bridgehead atoms. The maximum atomic E-state index is 12.7. The van der Waals surface area contributed by atoms with E-state index in [4.69, 9.17) is 4.52 Å². The van der Waals surface area contributed by atoms with Gasteiger partial charge in [0.2, 0.25) is 5.82 Å². The number of anilines is 1. The fourth-order valence-electron chi connectivity index (χ4n) is 2.73. The molecule has 4 rings (SSSR count). The molecule has 0 radical (unpaired) electrons. The molecule has 0 aliphatic heterocycles. The summed E-state index contributed by atoms with van der Waals surface area (Å²) in [4.78, 5) is 33.5. The number of fused-ring (bicyclic) bond motifs is 1. The minimum absolute atomic E-state index is 0.0744. The Morgan fingerprint density at radius 1 is 1.14 bits per heavy atom. The number of amides is 2. The van der Waals surface area contributed by atoms with Crippen molar-refractivity contribution in [3.63, 3.8) is 0 Å². The summed E-state index contributed by atoms with van der Waals surface area (Å²) in [5, 5.41) is 9.16. The van der Waals surface area contributed by atoms with Crippen molar-refractivity contribution in [2.24, 2.45) is 0 Å². The number of nitrogens with zero attached hydrogens (tertiary/aromatic N) is 4. The lowest BCUT2D eigenvalue weighted by Gasteiger charge is -2.03. The Balaban J connectivity index is 1.60. The molecule has 9 nitrogen and oxygen atoms in total. The van der Waals surface area contributed by atoms with Crippen LogP contribution in [0.2, 0.25) is 0 Å². The Kier molecular flexibility index (Phi) is 4.55. The van der Waals surface area contributed by atoms with E-state index in [0.717, 1.165) is 5.56 Å². The Morgan fingerprint density at radius 3 is 2.71 bits per heavy atom. The zero-order chi connectivity index (χ0) is 19.5. The van der Waals surface area contributed by atoms with Crippen LogP contribution in [0.3, 0.4) is 0 Å². The van der Waals surface area contributed by atoms with E-state index in [1.807, 2.05) is 12.1 Å². The number of aromatic nitrogens is 4. The van der Waals surface area contributed by atoms with Gasteiger partial charge >= 0.3 is 0 Å². The Morgan fingerprint density at radius 2 is 1.96 bits per heavy atom. The maximum Gasteiger partial charge on any atom is 0.293 e. The average molecular weight is 376 g/mol. The maximum absolute atomic E-state index is 12.7. The number of nitrogens with one attached hydrogen (secondary N) is 2. The third kappa shape index (κ3) is 3.45. The van der Waals surface area contributed by atoms with Gasteiger partial charge in [-0.1, -0.05) is 11.2 Å². The van der Waals surface area contributed by atoms with Gasteiger partial charge in [0.15, 0.2) is 11.5 Å². The fraction of sp³-hybridized carbons (Fsp3) is 0.105. The van der Waals surface area contributed by atoms with Gasteiger partial charge in [0.05, 0.1) is 5.52 Å². The van der Waals surface area contributed by atoms with E-state index in [2.05, 4.69) is 25.8 Å². The molecule has 0 unspecified atom stereocenters. The lowest BCUT2D eigenvalue weighted by atomic mass is 10.2. The van der Waals surface area contributed by atoms with Gasteiger partial charge in [0, 0.05) is 31.2 Å². The molecular formula is C19H16N6O3. The zero-order valence-electron chi connectivity index (χ0n) is 14.9. The molecule has 0 fully saturated rings. The summed E-state index contributed by atoms with van der Waals surface area (Å²) in [5.74, 6) is 0.0446. The Bertz CT molecular complexity index is 1150. The first-order valence-corrected chi connectivity index (χ1v) is 8.50. The largest absolute Gasteiger partial charge is 0.360 e. The summed E-state index contributed by atoms with van der Waals surface area (Å²) >= 11 is 0. The number of hydrogen-bond acceptors (Lipinski definition) is 6. The highest BCUT2D eigenvalue weighted by atomic mass is 16.5. The van der Waals surface area contributed by atoms with E-state index in [1.165, 1.54) is 0 Å². The third-order valence-electron chi connectivity index (χ3n) is 4.04. The second-order valence-corrected chi connectivity index (χ2v) is 6.05. The molecule has 0 atom stereocenters. The van der Waals surface area contributed by atoms with Crippen LogP contribution in [-0.4, -0.2) is 31.3 Å². The Hall–Kier alpha value is -4.01. The standard InChI is InChI=1S/C19H16N6O3/c1-12-10-15(24-28-12)22-19(27)17-23-16(14-4-2-3-9-25(14)17)18(26)21-11-13-5-7-20-8-6-13/h2-10H,11H2,1H3,(H,21,26)(H,22,24,27). The van der Waals surface area contributed by atoms with Crippen molar-refractivity contribution in [1.82, 2.24) is 24.8 Å². The van der Waals surface area contributed by atoms with Crippen LogP contribution in [-0.2, 0) is 6.54 Å². The zero-order valence-corrected chi connectivity index (χ0v) is 14.9. The molecule has 0 saturated heterocycles. The van der Waals surface area contributed by atoms with Gasteiger partial charge in [-0.25, -0.2) is 4.98 Å². The molecular weight excluding hydrogens is 360 g/mol. The van der Waals surface area contributed by atoms with Gasteiger partial charge in [0.25, 0.3) is 11.8 Å². The second kappa shape index (κ2) is 7.31. The molecule has 0 saturated carbocycles. The summed E-state index contributed by atoms with van der Waals surface area (Å²) < 4.78 is 6.50. The van der Waals surface area contributed by atoms with Crippen molar-refractivity contribution >= 4 is 23.1 Å². The van der Waals surface area contributed by atoms with Gasteiger partial charge in [-0.05, 0) is 36.8 Å². The van der Waals surface area contributed by atoms with Crippen molar-refractivity contribution < 1.29 is 14.1 Å². The number of imidazole rings is 1. The van der Waals surface area contributed by atoms with Crippen LogP contribution in [0.15, 0.2) is 59.5 Å². The Labute approximate surface area is 159 Å². The highest BCUT2D eigenvalue weighted by Gasteiger charge is 2.22. The van der Waals surface area contributed by atoms with Gasteiger partial charge in [0.1, 0.15) is 5.76 Å². The van der Waals surface area contributed by atoms with Crippen LogP contribution < -0.4 is 10.6 Å². The molecule has 28 heavy (non-hydrogen) atoms. The van der Waals surface area contributed by atoms with Gasteiger partial charge in [-0.15, -0.1) is 0 Å². The second-order valence-electron chi connectivity index (χ2n) is 6.05. The van der Waals surface area contributed by atoms with Crippen LogP contribution in [0.1, 0.15) is 32.4 Å². The predicted octanol–water partition coefficient (Wildman–Crippen LogP) is 2.21. The molecule has 0 spiro atoms. The van der Waals surface area contributed by atoms with E-state index < -0.39 is 5.91 Å². The SMILES string of the molecule is Cc1cc(NC(=O)c2nc(C(=O)NCc3ccncc3)c3ccccn23)no1. The molecule has 2 N–H and O–H groups in total. The summed E-state index contributed by atoms with van der Waals surface area (Å²) in [7, 11) is 0. The minimum Gasteiger partial charge on any atom is -0.360 e. The number of aryl methyl sites for hydroxylation is 1. The highest BCUT2D eigenvalue weighted by molar-refractivity contribution is 6.05. The molecule has 0 aliphatic rings. The van der Waals surface area contributed by atoms with Crippen molar-refractivity contribution in [1.29, 1.82) is 0 Å². The first kappa shape index (κ1) is 17.4. The fourth-order valence-corrected chi connectivity index (χ4v) is 2.73. The topological polar surface area (TPSA) is 114 Å². The smallest absolute Gasteiger partial charge is 0.293 e. The third-order valence-corrected chi connectivity index (χ3v) is 4.04. The summed E-state index contributed by atoms with van der Waals surface area (Å²) in [6.07, 6.45) is 4.98. The quantitative estimate of drug-likeness (QED) is 0.552. The highest BCUT2D eigenvalue weighted by Crippen LogP contribution is 2.15. The van der Waals surface area contributed by atoms with Gasteiger partial charge in [-0.3, -0.25) is 19.0 Å². The molecule has 4 aromatic heterocycles.